The lowest BCUT2D eigenvalue weighted by Gasteiger charge is -2.19. The van der Waals surface area contributed by atoms with E-state index in [9.17, 15) is 9.59 Å². The zero-order chi connectivity index (χ0) is 15.8. The molecule has 0 aliphatic heterocycles. The molecule has 1 amide bonds. The number of carbonyl (C=O) groups is 2. The van der Waals surface area contributed by atoms with Gasteiger partial charge in [0.2, 0.25) is 0 Å². The molecule has 1 atom stereocenters. The van der Waals surface area contributed by atoms with Gasteiger partial charge in [-0.2, -0.15) is 0 Å². The van der Waals surface area contributed by atoms with Crippen LogP contribution in [0.25, 0.3) is 0 Å². The quantitative estimate of drug-likeness (QED) is 0.635. The van der Waals surface area contributed by atoms with Crippen LogP contribution in [0.4, 0.5) is 0 Å². The van der Waals surface area contributed by atoms with Crippen LogP contribution < -0.4 is 5.73 Å². The highest BCUT2D eigenvalue weighted by Gasteiger charge is 2.20. The lowest BCUT2D eigenvalue weighted by atomic mass is 10.1. The van der Waals surface area contributed by atoms with Crippen molar-refractivity contribution in [2.45, 2.75) is 6.92 Å². The van der Waals surface area contributed by atoms with Crippen molar-refractivity contribution in [1.29, 1.82) is 0 Å². The number of hydrogen-bond donors (Lipinski definition) is 1. The highest BCUT2D eigenvalue weighted by molar-refractivity contribution is 5.92. The van der Waals surface area contributed by atoms with Gasteiger partial charge in [-0.1, -0.05) is 18.8 Å². The van der Waals surface area contributed by atoms with Gasteiger partial charge in [0.15, 0.2) is 0 Å². The summed E-state index contributed by atoms with van der Waals surface area (Å²) in [5, 5.41) is 0. The van der Waals surface area contributed by atoms with Crippen molar-refractivity contribution in [2.75, 3.05) is 27.2 Å². The maximum Gasteiger partial charge on any atom is 0.310 e. The molecule has 0 saturated heterocycles. The summed E-state index contributed by atoms with van der Waals surface area (Å²) in [5.41, 5.74) is 6.28. The third kappa shape index (κ3) is 4.89. The summed E-state index contributed by atoms with van der Waals surface area (Å²) in [6.45, 7) is 2.24. The van der Waals surface area contributed by atoms with Crippen LogP contribution in [0.2, 0.25) is 0 Å². The first kappa shape index (κ1) is 16.7. The minimum atomic E-state index is -0.390. The van der Waals surface area contributed by atoms with Gasteiger partial charge in [0, 0.05) is 25.4 Å². The van der Waals surface area contributed by atoms with Gasteiger partial charge < -0.3 is 15.4 Å². The third-order valence-electron chi connectivity index (χ3n) is 2.82. The fraction of sp³-hybridized carbons (Fsp3) is 0.400. The van der Waals surface area contributed by atoms with Gasteiger partial charge in [0.25, 0.3) is 5.91 Å². The summed E-state index contributed by atoms with van der Waals surface area (Å²) >= 11 is 0. The Labute approximate surface area is 124 Å². The predicted octanol–water partition coefficient (Wildman–Crippen LogP) is 0.273. The second-order valence-electron chi connectivity index (χ2n) is 4.55. The molecule has 0 aliphatic rings. The van der Waals surface area contributed by atoms with E-state index in [4.69, 9.17) is 5.73 Å². The average molecular weight is 289 g/mol. The van der Waals surface area contributed by atoms with Crippen LogP contribution in [-0.2, 0) is 9.53 Å². The number of ether oxygens (including phenoxy) is 1. The molecular formula is C15H19N3O3. The fourth-order valence-corrected chi connectivity index (χ4v) is 1.71. The molecule has 2 N–H and O–H groups in total. The summed E-state index contributed by atoms with van der Waals surface area (Å²) < 4.78 is 4.63. The van der Waals surface area contributed by atoms with Crippen molar-refractivity contribution < 1.29 is 14.3 Å². The zero-order valence-corrected chi connectivity index (χ0v) is 12.4. The van der Waals surface area contributed by atoms with Crippen molar-refractivity contribution in [2.24, 2.45) is 11.7 Å². The van der Waals surface area contributed by atoms with Crippen LogP contribution in [0.1, 0.15) is 23.0 Å². The molecule has 21 heavy (non-hydrogen) atoms. The molecular weight excluding hydrogens is 270 g/mol. The molecule has 0 fully saturated rings. The molecule has 6 heteroatoms. The molecule has 0 bridgehead atoms. The molecule has 0 aromatic carbocycles. The molecule has 112 valence electrons. The van der Waals surface area contributed by atoms with E-state index in [0.29, 0.717) is 11.3 Å². The van der Waals surface area contributed by atoms with E-state index in [0.717, 1.165) is 0 Å². The van der Waals surface area contributed by atoms with Gasteiger partial charge >= 0.3 is 5.97 Å². The van der Waals surface area contributed by atoms with Crippen molar-refractivity contribution in [3.63, 3.8) is 0 Å². The summed E-state index contributed by atoms with van der Waals surface area (Å²) in [6, 6.07) is 3.31. The predicted molar refractivity (Wildman–Crippen MR) is 78.3 cm³/mol. The van der Waals surface area contributed by atoms with Gasteiger partial charge in [-0.3, -0.25) is 9.59 Å². The summed E-state index contributed by atoms with van der Waals surface area (Å²) in [4.78, 5) is 29.0. The molecule has 1 rings (SSSR count). The SMILES string of the molecule is COC(=O)C(C)CN(C)C(=O)c1ccc(C#CCN)cn1. The topological polar surface area (TPSA) is 85.5 Å². The highest BCUT2D eigenvalue weighted by atomic mass is 16.5. The van der Waals surface area contributed by atoms with E-state index in [2.05, 4.69) is 21.6 Å². The molecule has 1 aromatic heterocycles. The van der Waals surface area contributed by atoms with Gasteiger partial charge in [0.05, 0.1) is 19.6 Å². The van der Waals surface area contributed by atoms with Gasteiger partial charge in [-0.25, -0.2) is 4.98 Å². The average Bonchev–Trinajstić information content (AvgIpc) is 2.51. The fourth-order valence-electron chi connectivity index (χ4n) is 1.71. The van der Waals surface area contributed by atoms with Crippen LogP contribution in [0, 0.1) is 17.8 Å². The van der Waals surface area contributed by atoms with Crippen LogP contribution in [-0.4, -0.2) is 49.0 Å². The summed E-state index contributed by atoms with van der Waals surface area (Å²) in [5.74, 6) is 4.54. The number of amides is 1. The van der Waals surface area contributed by atoms with Crippen LogP contribution >= 0.6 is 0 Å². The minimum absolute atomic E-state index is 0.260. The van der Waals surface area contributed by atoms with Crippen molar-refractivity contribution in [3.8, 4) is 11.8 Å². The Bertz CT molecular complexity index is 558. The molecule has 0 radical (unpaired) electrons. The normalized spacial score (nSPS) is 11.0. The van der Waals surface area contributed by atoms with E-state index in [1.54, 1.807) is 26.1 Å². The number of nitrogens with zero attached hydrogens (tertiary/aromatic N) is 2. The summed E-state index contributed by atoms with van der Waals surface area (Å²) in [7, 11) is 2.94. The number of pyridine rings is 1. The number of nitrogens with two attached hydrogens (primary N) is 1. The van der Waals surface area contributed by atoms with Gasteiger partial charge in [0.1, 0.15) is 5.69 Å². The monoisotopic (exact) mass is 289 g/mol. The second kappa shape index (κ2) is 8.02. The number of rotatable bonds is 4. The number of esters is 1. The van der Waals surface area contributed by atoms with Crippen LogP contribution in [0.5, 0.6) is 0 Å². The Morgan fingerprint density at radius 3 is 2.71 bits per heavy atom. The van der Waals surface area contributed by atoms with Gasteiger partial charge in [-0.05, 0) is 12.1 Å². The maximum atomic E-state index is 12.2. The number of methoxy groups -OCH3 is 1. The Kier molecular flexibility index (Phi) is 6.37. The molecule has 0 saturated carbocycles. The smallest absolute Gasteiger partial charge is 0.310 e. The number of carbonyl (C=O) groups excluding carboxylic acids is 2. The van der Waals surface area contributed by atoms with E-state index < -0.39 is 5.92 Å². The highest BCUT2D eigenvalue weighted by Crippen LogP contribution is 2.06. The first-order chi connectivity index (χ1) is 9.99. The van der Waals surface area contributed by atoms with E-state index in [-0.39, 0.29) is 25.0 Å². The van der Waals surface area contributed by atoms with Crippen molar-refractivity contribution >= 4 is 11.9 Å². The minimum Gasteiger partial charge on any atom is -0.469 e. The van der Waals surface area contributed by atoms with E-state index in [1.165, 1.54) is 18.2 Å². The summed E-state index contributed by atoms with van der Waals surface area (Å²) in [6.07, 6.45) is 1.52. The zero-order valence-electron chi connectivity index (χ0n) is 12.4. The lowest BCUT2D eigenvalue weighted by Crippen LogP contribution is -2.34. The van der Waals surface area contributed by atoms with Crippen LogP contribution in [0.3, 0.4) is 0 Å². The molecule has 1 aromatic rings. The number of aromatic nitrogens is 1. The first-order valence-corrected chi connectivity index (χ1v) is 6.47. The van der Waals surface area contributed by atoms with Crippen molar-refractivity contribution in [3.05, 3.63) is 29.6 Å². The molecule has 6 nitrogen and oxygen atoms in total. The largest absolute Gasteiger partial charge is 0.469 e. The Hall–Kier alpha value is -2.39. The van der Waals surface area contributed by atoms with Crippen LogP contribution in [0.15, 0.2) is 18.3 Å². The first-order valence-electron chi connectivity index (χ1n) is 6.47. The van der Waals surface area contributed by atoms with E-state index in [1.807, 2.05) is 0 Å². The standard InChI is InChI=1S/C15H19N3O3/c1-11(15(20)21-3)10-18(2)14(19)13-7-6-12(9-17-13)5-4-8-16/h6-7,9,11H,8,10,16H2,1-3H3. The second-order valence-corrected chi connectivity index (χ2v) is 4.55. The molecule has 1 heterocycles. The Morgan fingerprint density at radius 2 is 2.19 bits per heavy atom. The molecule has 1 unspecified atom stereocenters. The Morgan fingerprint density at radius 1 is 1.48 bits per heavy atom. The maximum absolute atomic E-state index is 12.2. The van der Waals surface area contributed by atoms with Gasteiger partial charge in [-0.15, -0.1) is 0 Å². The van der Waals surface area contributed by atoms with E-state index >= 15 is 0 Å². The van der Waals surface area contributed by atoms with Crippen molar-refractivity contribution in [1.82, 2.24) is 9.88 Å². The molecule has 0 aliphatic carbocycles. The lowest BCUT2D eigenvalue weighted by molar-refractivity contribution is -0.145. The molecule has 0 spiro atoms. The Balaban J connectivity index is 2.72. The number of hydrogen-bond acceptors (Lipinski definition) is 5. The third-order valence-corrected chi connectivity index (χ3v) is 2.82.